The Morgan fingerprint density at radius 1 is 1.09 bits per heavy atom. The van der Waals surface area contributed by atoms with Gasteiger partial charge >= 0.3 is 7.12 Å². The molecule has 0 saturated carbocycles. The molecular weight excluding hydrogens is 457 g/mol. The molecule has 0 bridgehead atoms. The highest BCUT2D eigenvalue weighted by Gasteiger charge is 2.54. The van der Waals surface area contributed by atoms with E-state index in [0.29, 0.717) is 32.7 Å². The molecule has 34 heavy (non-hydrogen) atoms. The molecule has 0 unspecified atom stereocenters. The van der Waals surface area contributed by atoms with Crippen LogP contribution in [0.15, 0.2) is 30.3 Å². The first-order valence-electron chi connectivity index (χ1n) is 11.9. The molecule has 0 spiro atoms. The lowest BCUT2D eigenvalue weighted by Gasteiger charge is -2.32. The molecule has 2 amide bonds. The minimum Gasteiger partial charge on any atom is -0.402 e. The molecule has 10 heteroatoms. The Morgan fingerprint density at radius 3 is 2.26 bits per heavy atom. The number of carbonyl (C=O) groups excluding carboxylic acids is 2. The molecule has 0 radical (unpaired) electrons. The average Bonchev–Trinajstić information content (AvgIpc) is 3.01. The minimum atomic E-state index is -0.931. The Morgan fingerprint density at radius 2 is 1.68 bits per heavy atom. The number of nitrogens with one attached hydrogen (secondary N) is 1. The van der Waals surface area contributed by atoms with Gasteiger partial charge in [-0.3, -0.25) is 9.59 Å². The Balaban J connectivity index is 0.00000408. The van der Waals surface area contributed by atoms with E-state index in [1.165, 1.54) is 5.56 Å². The van der Waals surface area contributed by atoms with Crippen molar-refractivity contribution in [3.63, 3.8) is 0 Å². The van der Waals surface area contributed by atoms with Gasteiger partial charge in [0, 0.05) is 13.1 Å². The highest BCUT2D eigenvalue weighted by Crippen LogP contribution is 2.38. The number of morpholine rings is 1. The van der Waals surface area contributed by atoms with E-state index in [1.54, 1.807) is 4.90 Å². The van der Waals surface area contributed by atoms with Crippen LogP contribution in [0.5, 0.6) is 0 Å². The van der Waals surface area contributed by atoms with Crippen LogP contribution in [0.4, 0.5) is 0 Å². The van der Waals surface area contributed by atoms with Crippen molar-refractivity contribution in [2.75, 3.05) is 26.3 Å². The molecule has 0 aromatic heterocycles. The summed E-state index contributed by atoms with van der Waals surface area (Å²) in [5, 5.41) is 3.02. The lowest BCUT2D eigenvalue weighted by atomic mass is 9.75. The maximum atomic E-state index is 12.9. The summed E-state index contributed by atoms with van der Waals surface area (Å²) in [6.07, 6.45) is 2.36. The van der Waals surface area contributed by atoms with Crippen LogP contribution >= 0.6 is 12.4 Å². The van der Waals surface area contributed by atoms with Crippen LogP contribution in [0.3, 0.4) is 0 Å². The largest absolute Gasteiger partial charge is 0.481 e. The van der Waals surface area contributed by atoms with Gasteiger partial charge in [-0.15, -0.1) is 12.4 Å². The van der Waals surface area contributed by atoms with Gasteiger partial charge in [-0.2, -0.15) is 0 Å². The van der Waals surface area contributed by atoms with Crippen LogP contribution < -0.4 is 11.1 Å². The molecule has 8 nitrogen and oxygen atoms in total. The highest BCUT2D eigenvalue weighted by atomic mass is 35.5. The van der Waals surface area contributed by atoms with E-state index < -0.39 is 24.4 Å². The van der Waals surface area contributed by atoms with Crippen LogP contribution in [0, 0.1) is 0 Å². The lowest BCUT2D eigenvalue weighted by molar-refractivity contribution is -0.137. The summed E-state index contributed by atoms with van der Waals surface area (Å²) in [5.41, 5.74) is 6.35. The molecule has 2 atom stereocenters. The van der Waals surface area contributed by atoms with Crippen LogP contribution in [-0.2, 0) is 30.1 Å². The first-order chi connectivity index (χ1) is 15.6. The first kappa shape index (κ1) is 28.6. The third-order valence-corrected chi connectivity index (χ3v) is 6.85. The number of halogens is 1. The summed E-state index contributed by atoms with van der Waals surface area (Å²) in [4.78, 5) is 27.2. The summed E-state index contributed by atoms with van der Waals surface area (Å²) in [6, 6.07) is 9.29. The van der Waals surface area contributed by atoms with Gasteiger partial charge in [-0.25, -0.2) is 0 Å². The topological polar surface area (TPSA) is 103 Å². The van der Waals surface area contributed by atoms with Crippen molar-refractivity contribution >= 4 is 31.3 Å². The van der Waals surface area contributed by atoms with E-state index in [9.17, 15) is 9.59 Å². The van der Waals surface area contributed by atoms with Crippen molar-refractivity contribution in [3.05, 3.63) is 35.9 Å². The van der Waals surface area contributed by atoms with E-state index in [4.69, 9.17) is 19.8 Å². The SMILES string of the molecule is CC1(C)OB([C@@H](CCCc2ccccc2)NC(=O)[C@@H](N)CC(=O)N2CCOCC2)OC1(C)C.Cl. The van der Waals surface area contributed by atoms with Crippen LogP contribution in [0.25, 0.3) is 0 Å². The van der Waals surface area contributed by atoms with Crippen LogP contribution in [0.1, 0.15) is 52.5 Å². The van der Waals surface area contributed by atoms with Crippen molar-refractivity contribution in [1.82, 2.24) is 10.2 Å². The predicted octanol–water partition coefficient (Wildman–Crippen LogP) is 2.12. The van der Waals surface area contributed by atoms with E-state index in [0.717, 1.165) is 12.8 Å². The Hall–Kier alpha value is -1.65. The van der Waals surface area contributed by atoms with Crippen LogP contribution in [0.2, 0.25) is 0 Å². The van der Waals surface area contributed by atoms with E-state index >= 15 is 0 Å². The molecule has 3 rings (SSSR count). The quantitative estimate of drug-likeness (QED) is 0.509. The third-order valence-electron chi connectivity index (χ3n) is 6.85. The predicted molar refractivity (Wildman–Crippen MR) is 135 cm³/mol. The number of rotatable bonds is 9. The first-order valence-corrected chi connectivity index (χ1v) is 11.9. The number of ether oxygens (including phenoxy) is 1. The number of carbonyl (C=O) groups is 2. The summed E-state index contributed by atoms with van der Waals surface area (Å²) in [5.74, 6) is -0.861. The summed E-state index contributed by atoms with van der Waals surface area (Å²) >= 11 is 0. The number of amides is 2. The third kappa shape index (κ3) is 7.42. The molecule has 2 fully saturated rings. The van der Waals surface area contributed by atoms with Crippen LogP contribution in [-0.4, -0.2) is 73.3 Å². The summed E-state index contributed by atoms with van der Waals surface area (Å²) in [6.45, 7) is 10.0. The molecule has 2 aliphatic heterocycles. The van der Waals surface area contributed by atoms with Gasteiger partial charge in [0.1, 0.15) is 0 Å². The van der Waals surface area contributed by atoms with E-state index in [1.807, 2.05) is 45.9 Å². The van der Waals surface area contributed by atoms with E-state index in [2.05, 4.69) is 17.4 Å². The molecule has 0 aliphatic carbocycles. The zero-order chi connectivity index (χ0) is 24.1. The zero-order valence-electron chi connectivity index (χ0n) is 20.7. The van der Waals surface area contributed by atoms with Crippen molar-refractivity contribution in [2.24, 2.45) is 5.73 Å². The Bertz CT molecular complexity index is 789. The van der Waals surface area contributed by atoms with Gasteiger partial charge in [-0.1, -0.05) is 30.3 Å². The molecule has 190 valence electrons. The fraction of sp³-hybridized carbons (Fsp3) is 0.667. The summed E-state index contributed by atoms with van der Waals surface area (Å²) in [7, 11) is -0.586. The van der Waals surface area contributed by atoms with Gasteiger partial charge in [0.25, 0.3) is 0 Å². The Labute approximate surface area is 209 Å². The van der Waals surface area contributed by atoms with Crippen molar-refractivity contribution in [3.8, 4) is 0 Å². The maximum absolute atomic E-state index is 12.9. The normalized spacial score (nSPS) is 20.9. The second-order valence-corrected chi connectivity index (χ2v) is 9.92. The van der Waals surface area contributed by atoms with Crippen molar-refractivity contribution in [2.45, 2.75) is 76.6 Å². The second-order valence-electron chi connectivity index (χ2n) is 9.92. The number of nitrogens with zero attached hydrogens (tertiary/aromatic N) is 1. The number of benzene rings is 1. The number of aryl methyl sites for hydroxylation is 1. The average molecular weight is 496 g/mol. The molecule has 1 aromatic rings. The van der Waals surface area contributed by atoms with Gasteiger partial charge in [0.05, 0.1) is 42.8 Å². The van der Waals surface area contributed by atoms with Gasteiger partial charge in [-0.05, 0) is 52.5 Å². The van der Waals surface area contributed by atoms with Gasteiger partial charge in [0.15, 0.2) is 0 Å². The second kappa shape index (κ2) is 12.4. The molecule has 3 N–H and O–H groups in total. The zero-order valence-corrected chi connectivity index (χ0v) is 21.6. The van der Waals surface area contributed by atoms with Gasteiger partial charge in [0.2, 0.25) is 11.8 Å². The molecule has 2 saturated heterocycles. The summed E-state index contributed by atoms with van der Waals surface area (Å²) < 4.78 is 17.7. The molecule has 2 heterocycles. The fourth-order valence-electron chi connectivity index (χ4n) is 4.01. The van der Waals surface area contributed by atoms with Gasteiger partial charge < -0.3 is 30.0 Å². The van der Waals surface area contributed by atoms with Crippen molar-refractivity contribution < 1.29 is 23.6 Å². The Kier molecular flexibility index (Phi) is 10.4. The molecule has 2 aliphatic rings. The smallest absolute Gasteiger partial charge is 0.402 e. The fourth-order valence-corrected chi connectivity index (χ4v) is 4.01. The number of hydrogen-bond acceptors (Lipinski definition) is 6. The van der Waals surface area contributed by atoms with E-state index in [-0.39, 0.29) is 36.6 Å². The standard InChI is InChI=1S/C24H38BN3O5.ClH/c1-23(2)24(3,4)33-25(32-23)20(12-8-11-18-9-6-5-7-10-18)27-22(30)19(26)17-21(29)28-13-15-31-16-14-28;/h5-7,9-10,19-20H,8,11-17,26H2,1-4H3,(H,27,30);1H/t19-,20+;/m0./s1. The molecular formula is C24H39BClN3O5. The number of nitrogens with two attached hydrogens (primary N) is 1. The lowest BCUT2D eigenvalue weighted by Crippen LogP contribution is -2.54. The monoisotopic (exact) mass is 495 g/mol. The maximum Gasteiger partial charge on any atom is 0.481 e. The highest BCUT2D eigenvalue weighted by molar-refractivity contribution is 6.48. The van der Waals surface area contributed by atoms with Crippen molar-refractivity contribution in [1.29, 1.82) is 0 Å². The molecule has 1 aromatic carbocycles. The number of hydrogen-bond donors (Lipinski definition) is 2. The minimum absolute atomic E-state index is 0.